The van der Waals surface area contributed by atoms with Gasteiger partial charge in [0.1, 0.15) is 5.01 Å². The number of aryl methyl sites for hydroxylation is 1. The lowest BCUT2D eigenvalue weighted by Gasteiger charge is -2.11. The van der Waals surface area contributed by atoms with E-state index >= 15 is 0 Å². The minimum absolute atomic E-state index is 0.589. The van der Waals surface area contributed by atoms with E-state index in [1.54, 1.807) is 11.3 Å². The van der Waals surface area contributed by atoms with Gasteiger partial charge < -0.3 is 5.32 Å². The first-order valence-corrected chi connectivity index (χ1v) is 7.13. The normalized spacial score (nSPS) is 13.1. The zero-order valence-electron chi connectivity index (χ0n) is 9.04. The molecule has 0 bridgehead atoms. The first kappa shape index (κ1) is 12.0. The van der Waals surface area contributed by atoms with E-state index in [1.165, 1.54) is 17.2 Å². The van der Waals surface area contributed by atoms with Gasteiger partial charge >= 0.3 is 0 Å². The molecule has 1 heterocycles. The third kappa shape index (κ3) is 4.44. The lowest BCUT2D eigenvalue weighted by atomic mass is 10.2. The third-order valence-electron chi connectivity index (χ3n) is 2.02. The highest BCUT2D eigenvalue weighted by Gasteiger charge is 2.02. The van der Waals surface area contributed by atoms with E-state index < -0.39 is 0 Å². The highest BCUT2D eigenvalue weighted by atomic mass is 32.2. The Morgan fingerprint density at radius 2 is 2.43 bits per heavy atom. The van der Waals surface area contributed by atoms with E-state index in [-0.39, 0.29) is 0 Å². The summed E-state index contributed by atoms with van der Waals surface area (Å²) in [5, 5.41) is 6.78. The van der Waals surface area contributed by atoms with Crippen LogP contribution >= 0.6 is 23.1 Å². The number of rotatable bonds is 6. The van der Waals surface area contributed by atoms with Crippen molar-refractivity contribution < 1.29 is 0 Å². The van der Waals surface area contributed by atoms with Crippen molar-refractivity contribution in [2.45, 2.75) is 32.9 Å². The Kier molecular flexibility index (Phi) is 5.52. The van der Waals surface area contributed by atoms with Crippen molar-refractivity contribution in [1.29, 1.82) is 0 Å². The number of aromatic nitrogens is 1. The summed E-state index contributed by atoms with van der Waals surface area (Å²) in [4.78, 5) is 4.41. The van der Waals surface area contributed by atoms with E-state index in [4.69, 9.17) is 0 Å². The molecule has 0 aliphatic rings. The Morgan fingerprint density at radius 3 is 3.00 bits per heavy atom. The molecule has 0 aliphatic heterocycles. The van der Waals surface area contributed by atoms with E-state index in [1.807, 2.05) is 18.7 Å². The molecule has 0 fully saturated rings. The van der Waals surface area contributed by atoms with Gasteiger partial charge in [-0.2, -0.15) is 11.8 Å². The summed E-state index contributed by atoms with van der Waals surface area (Å²) < 4.78 is 0. The maximum Gasteiger partial charge on any atom is 0.107 e. The Hall–Kier alpha value is -0.0600. The van der Waals surface area contributed by atoms with Gasteiger partial charge in [-0.05, 0) is 32.3 Å². The minimum atomic E-state index is 0.589. The van der Waals surface area contributed by atoms with Crippen LogP contribution < -0.4 is 5.32 Å². The zero-order chi connectivity index (χ0) is 10.4. The highest BCUT2D eigenvalue weighted by Crippen LogP contribution is 2.08. The molecule has 0 aromatic carbocycles. The summed E-state index contributed by atoms with van der Waals surface area (Å²) in [7, 11) is 0. The fourth-order valence-corrected chi connectivity index (χ4v) is 2.45. The van der Waals surface area contributed by atoms with Gasteiger partial charge in [0.15, 0.2) is 0 Å². The number of nitrogens with one attached hydrogen (secondary N) is 1. The third-order valence-corrected chi connectivity index (χ3v) is 3.63. The van der Waals surface area contributed by atoms with Crippen LogP contribution in [0.15, 0.2) is 5.38 Å². The van der Waals surface area contributed by atoms with Crippen molar-refractivity contribution in [3.63, 3.8) is 0 Å². The lowest BCUT2D eigenvalue weighted by Crippen LogP contribution is -2.25. The van der Waals surface area contributed by atoms with E-state index in [2.05, 4.69) is 28.9 Å². The first-order valence-electron chi connectivity index (χ1n) is 4.85. The first-order chi connectivity index (χ1) is 6.72. The van der Waals surface area contributed by atoms with Crippen LogP contribution in [-0.4, -0.2) is 23.0 Å². The highest BCUT2D eigenvalue weighted by molar-refractivity contribution is 7.98. The molecular weight excluding hydrogens is 212 g/mol. The molecule has 0 aliphatic carbocycles. The molecule has 1 N–H and O–H groups in total. The zero-order valence-corrected chi connectivity index (χ0v) is 10.7. The van der Waals surface area contributed by atoms with E-state index in [9.17, 15) is 0 Å². The van der Waals surface area contributed by atoms with Gasteiger partial charge in [0.2, 0.25) is 0 Å². The van der Waals surface area contributed by atoms with Gasteiger partial charge in [-0.25, -0.2) is 4.98 Å². The summed E-state index contributed by atoms with van der Waals surface area (Å²) in [6.45, 7) is 5.18. The van der Waals surface area contributed by atoms with Crippen molar-refractivity contribution >= 4 is 23.1 Å². The molecule has 0 amide bonds. The van der Waals surface area contributed by atoms with Gasteiger partial charge in [-0.15, -0.1) is 11.3 Å². The van der Waals surface area contributed by atoms with E-state index in [0.29, 0.717) is 6.04 Å². The monoisotopic (exact) mass is 230 g/mol. The predicted octanol–water partition coefficient (Wildman–Crippen LogP) is 2.68. The average Bonchev–Trinajstić information content (AvgIpc) is 2.58. The van der Waals surface area contributed by atoms with Crippen molar-refractivity contribution in [3.8, 4) is 0 Å². The second-order valence-corrected chi connectivity index (χ2v) is 5.37. The summed E-state index contributed by atoms with van der Waals surface area (Å²) in [5.74, 6) is 1.23. The van der Waals surface area contributed by atoms with Gasteiger partial charge in [0.05, 0.1) is 0 Å². The van der Waals surface area contributed by atoms with Gasteiger partial charge in [0.25, 0.3) is 0 Å². The fraction of sp³-hybridized carbons (Fsp3) is 0.700. The van der Waals surface area contributed by atoms with Gasteiger partial charge in [-0.1, -0.05) is 0 Å². The lowest BCUT2D eigenvalue weighted by molar-refractivity contribution is 0.536. The number of thioether (sulfide) groups is 1. The maximum absolute atomic E-state index is 4.41. The molecule has 2 nitrogen and oxygen atoms in total. The van der Waals surface area contributed by atoms with Gasteiger partial charge in [-0.3, -0.25) is 0 Å². The molecule has 4 heteroatoms. The molecule has 0 saturated carbocycles. The fourth-order valence-electron chi connectivity index (χ4n) is 1.14. The summed E-state index contributed by atoms with van der Waals surface area (Å²) in [6, 6.07) is 0.589. The van der Waals surface area contributed by atoms with Crippen LogP contribution in [0.2, 0.25) is 0 Å². The van der Waals surface area contributed by atoms with Gasteiger partial charge in [0, 0.05) is 23.7 Å². The molecule has 80 valence electrons. The standard InChI is InChI=1S/C10H18N2S2/c1-8(4-5-13-3)11-6-10-12-9(2)7-14-10/h7-8,11H,4-6H2,1-3H3. The minimum Gasteiger partial charge on any atom is -0.308 e. The van der Waals surface area contributed by atoms with Crippen LogP contribution in [0.5, 0.6) is 0 Å². The largest absolute Gasteiger partial charge is 0.308 e. The number of hydrogen-bond acceptors (Lipinski definition) is 4. The maximum atomic E-state index is 4.41. The van der Waals surface area contributed by atoms with Crippen LogP contribution in [0.4, 0.5) is 0 Å². The molecule has 0 saturated heterocycles. The molecule has 1 rings (SSSR count). The van der Waals surface area contributed by atoms with Crippen LogP contribution in [-0.2, 0) is 6.54 Å². The van der Waals surface area contributed by atoms with E-state index in [0.717, 1.165) is 12.2 Å². The molecular formula is C10H18N2S2. The number of thiazole rings is 1. The van der Waals surface area contributed by atoms with Crippen LogP contribution in [0.1, 0.15) is 24.0 Å². The van der Waals surface area contributed by atoms with Crippen molar-refractivity contribution in [2.24, 2.45) is 0 Å². The van der Waals surface area contributed by atoms with Crippen LogP contribution in [0.25, 0.3) is 0 Å². The Bertz CT molecular complexity index is 260. The smallest absolute Gasteiger partial charge is 0.107 e. The Labute approximate surface area is 94.5 Å². The topological polar surface area (TPSA) is 24.9 Å². The molecule has 1 atom stereocenters. The number of hydrogen-bond donors (Lipinski definition) is 1. The molecule has 0 radical (unpaired) electrons. The van der Waals surface area contributed by atoms with Crippen LogP contribution in [0.3, 0.4) is 0 Å². The summed E-state index contributed by atoms with van der Waals surface area (Å²) in [6.07, 6.45) is 3.38. The molecule has 1 unspecified atom stereocenters. The summed E-state index contributed by atoms with van der Waals surface area (Å²) >= 11 is 3.64. The summed E-state index contributed by atoms with van der Waals surface area (Å²) in [5.41, 5.74) is 1.13. The Morgan fingerprint density at radius 1 is 1.64 bits per heavy atom. The quantitative estimate of drug-likeness (QED) is 0.813. The Balaban J connectivity index is 2.20. The molecule has 1 aromatic rings. The SMILES string of the molecule is CSCCC(C)NCc1nc(C)cs1. The second-order valence-electron chi connectivity index (χ2n) is 3.45. The molecule has 0 spiro atoms. The predicted molar refractivity (Wildman–Crippen MR) is 66.2 cm³/mol. The van der Waals surface area contributed by atoms with Crippen LogP contribution in [0, 0.1) is 6.92 Å². The van der Waals surface area contributed by atoms with Crippen molar-refractivity contribution in [3.05, 3.63) is 16.1 Å². The van der Waals surface area contributed by atoms with Crippen molar-refractivity contribution in [1.82, 2.24) is 10.3 Å². The van der Waals surface area contributed by atoms with Crippen molar-refractivity contribution in [2.75, 3.05) is 12.0 Å². The second kappa shape index (κ2) is 6.43. The molecule has 1 aromatic heterocycles. The average molecular weight is 230 g/mol. The molecule has 14 heavy (non-hydrogen) atoms. The number of nitrogens with zero attached hydrogens (tertiary/aromatic N) is 1.